The van der Waals surface area contributed by atoms with Crippen molar-refractivity contribution in [2.75, 3.05) is 38.2 Å². The van der Waals surface area contributed by atoms with Gasteiger partial charge in [-0.3, -0.25) is 9.59 Å². The molecule has 226 valence electrons. The van der Waals surface area contributed by atoms with Crippen LogP contribution in [-0.4, -0.2) is 55.0 Å². The van der Waals surface area contributed by atoms with Gasteiger partial charge in [0.2, 0.25) is 0 Å². The molecule has 0 spiro atoms. The van der Waals surface area contributed by atoms with Gasteiger partial charge in [0, 0.05) is 36.9 Å². The van der Waals surface area contributed by atoms with Crippen LogP contribution < -0.4 is 10.6 Å². The number of aliphatic hydroxyl groups excluding tert-OH is 1. The third kappa shape index (κ3) is 12.4. The van der Waals surface area contributed by atoms with Gasteiger partial charge in [-0.25, -0.2) is 0 Å². The van der Waals surface area contributed by atoms with Crippen LogP contribution >= 0.6 is 0 Å². The molecular formula is C33H42N2O7. The van der Waals surface area contributed by atoms with E-state index in [0.717, 1.165) is 43.5 Å². The van der Waals surface area contributed by atoms with Crippen molar-refractivity contribution < 1.29 is 34.0 Å². The largest absolute Gasteiger partial charge is 0.508 e. The molecule has 1 atom stereocenters. The molecular weight excluding hydrogens is 536 g/mol. The lowest BCUT2D eigenvalue weighted by molar-refractivity contribution is -0.142. The van der Waals surface area contributed by atoms with E-state index in [1.807, 2.05) is 42.5 Å². The van der Waals surface area contributed by atoms with Crippen molar-refractivity contribution in [1.82, 2.24) is 5.32 Å². The normalized spacial score (nSPS) is 11.7. The number of ether oxygens (including phenoxy) is 3. The number of nitrogens with one attached hydrogen (secondary N) is 2. The van der Waals surface area contributed by atoms with E-state index >= 15 is 0 Å². The Labute approximate surface area is 247 Å². The van der Waals surface area contributed by atoms with Crippen LogP contribution in [0.25, 0.3) is 0 Å². The number of carbonyl (C=O) groups excluding carboxylic acids is 2. The highest BCUT2D eigenvalue weighted by molar-refractivity contribution is 6.04. The molecule has 0 bridgehead atoms. The minimum absolute atomic E-state index is 0.0295. The Hall–Kier alpha value is -3.76. The van der Waals surface area contributed by atoms with Crippen LogP contribution in [0.4, 0.5) is 5.69 Å². The number of aromatic hydroxyl groups is 1. The lowest BCUT2D eigenvalue weighted by atomic mass is 10.1. The van der Waals surface area contributed by atoms with Gasteiger partial charge in [0.25, 0.3) is 5.91 Å². The van der Waals surface area contributed by atoms with Crippen LogP contribution in [0, 0.1) is 0 Å². The average Bonchev–Trinajstić information content (AvgIpc) is 2.99. The number of phenolic OH excluding ortho intramolecular Hbond substituents is 1. The average molecular weight is 579 g/mol. The molecule has 0 saturated heterocycles. The fourth-order valence-electron chi connectivity index (χ4n) is 4.21. The van der Waals surface area contributed by atoms with Gasteiger partial charge in [-0.15, -0.1) is 0 Å². The molecule has 0 heterocycles. The van der Waals surface area contributed by atoms with Crippen LogP contribution in [0.1, 0.15) is 65.8 Å². The molecule has 0 aromatic heterocycles. The summed E-state index contributed by atoms with van der Waals surface area (Å²) in [6.07, 6.45) is 3.37. The smallest absolute Gasteiger partial charge is 0.302 e. The predicted molar refractivity (Wildman–Crippen MR) is 161 cm³/mol. The molecule has 3 aromatic carbocycles. The number of benzene rings is 3. The number of esters is 1. The minimum atomic E-state index is -0.721. The van der Waals surface area contributed by atoms with Crippen LogP contribution in [-0.2, 0) is 32.2 Å². The van der Waals surface area contributed by atoms with Crippen molar-refractivity contribution in [2.24, 2.45) is 0 Å². The molecule has 1 amide bonds. The van der Waals surface area contributed by atoms with E-state index in [2.05, 4.69) is 10.6 Å². The fourth-order valence-corrected chi connectivity index (χ4v) is 4.21. The lowest BCUT2D eigenvalue weighted by Gasteiger charge is -2.14. The summed E-state index contributed by atoms with van der Waals surface area (Å²) in [6, 6.07) is 21.6. The molecule has 4 N–H and O–H groups in total. The Morgan fingerprint density at radius 2 is 1.62 bits per heavy atom. The fraction of sp³-hybridized carbons (Fsp3) is 0.394. The van der Waals surface area contributed by atoms with Gasteiger partial charge in [-0.1, -0.05) is 49.2 Å². The maximum atomic E-state index is 12.3. The number of hydrogen-bond acceptors (Lipinski definition) is 8. The van der Waals surface area contributed by atoms with E-state index in [4.69, 9.17) is 14.2 Å². The third-order valence-corrected chi connectivity index (χ3v) is 6.51. The third-order valence-electron chi connectivity index (χ3n) is 6.51. The highest BCUT2D eigenvalue weighted by Crippen LogP contribution is 2.23. The topological polar surface area (TPSA) is 126 Å². The van der Waals surface area contributed by atoms with Crippen LogP contribution in [0.15, 0.2) is 72.8 Å². The van der Waals surface area contributed by atoms with E-state index < -0.39 is 12.1 Å². The number of rotatable bonds is 19. The zero-order valence-corrected chi connectivity index (χ0v) is 24.2. The second-order valence-corrected chi connectivity index (χ2v) is 9.99. The first kappa shape index (κ1) is 32.8. The molecule has 0 fully saturated rings. The Morgan fingerprint density at radius 3 is 2.43 bits per heavy atom. The number of anilines is 1. The van der Waals surface area contributed by atoms with E-state index in [1.165, 1.54) is 13.0 Å². The molecule has 0 unspecified atom stereocenters. The van der Waals surface area contributed by atoms with Crippen molar-refractivity contribution in [3.05, 3.63) is 95.1 Å². The zero-order chi connectivity index (χ0) is 30.0. The van der Waals surface area contributed by atoms with Gasteiger partial charge >= 0.3 is 5.97 Å². The summed E-state index contributed by atoms with van der Waals surface area (Å²) in [7, 11) is 0. The molecule has 3 aromatic rings. The summed E-state index contributed by atoms with van der Waals surface area (Å²) >= 11 is 0. The number of aliphatic hydroxyl groups is 1. The first-order chi connectivity index (χ1) is 20.4. The summed E-state index contributed by atoms with van der Waals surface area (Å²) in [5.41, 5.74) is 3.45. The summed E-state index contributed by atoms with van der Waals surface area (Å²) < 4.78 is 16.3. The number of phenols is 1. The highest BCUT2D eigenvalue weighted by Gasteiger charge is 2.11. The summed E-state index contributed by atoms with van der Waals surface area (Å²) in [5.74, 6) is -0.536. The van der Waals surface area contributed by atoms with E-state index in [9.17, 15) is 19.8 Å². The van der Waals surface area contributed by atoms with Crippen LogP contribution in [0.2, 0.25) is 0 Å². The number of hydrogen-bond donors (Lipinski definition) is 4. The maximum absolute atomic E-state index is 12.3. The van der Waals surface area contributed by atoms with Gasteiger partial charge in [0.1, 0.15) is 12.4 Å². The maximum Gasteiger partial charge on any atom is 0.302 e. The molecule has 0 aliphatic heterocycles. The number of unbranched alkanes of at least 4 members (excludes halogenated alkanes) is 3. The van der Waals surface area contributed by atoms with Gasteiger partial charge in [0.15, 0.2) is 0 Å². The Bertz CT molecular complexity index is 1240. The van der Waals surface area contributed by atoms with Crippen LogP contribution in [0.3, 0.4) is 0 Å². The molecule has 0 radical (unpaired) electrons. The van der Waals surface area contributed by atoms with Crippen molar-refractivity contribution in [3.8, 4) is 5.75 Å². The first-order valence-electron chi connectivity index (χ1n) is 14.4. The van der Waals surface area contributed by atoms with Crippen molar-refractivity contribution in [2.45, 2.75) is 51.9 Å². The van der Waals surface area contributed by atoms with Gasteiger partial charge in [-0.2, -0.15) is 0 Å². The van der Waals surface area contributed by atoms with Gasteiger partial charge in [-0.05, 0) is 66.9 Å². The molecule has 3 rings (SSSR count). The number of carbonyl (C=O) groups is 2. The quantitative estimate of drug-likeness (QED) is 0.114. The second kappa shape index (κ2) is 18.6. The minimum Gasteiger partial charge on any atom is -0.508 e. The van der Waals surface area contributed by atoms with Gasteiger partial charge in [0.05, 0.1) is 25.9 Å². The van der Waals surface area contributed by atoms with Gasteiger partial charge < -0.3 is 35.1 Å². The Kier molecular flexibility index (Phi) is 14.5. The van der Waals surface area contributed by atoms with Crippen molar-refractivity contribution in [1.29, 1.82) is 0 Å². The second-order valence-electron chi connectivity index (χ2n) is 9.99. The first-order valence-corrected chi connectivity index (χ1v) is 14.4. The molecule has 9 nitrogen and oxygen atoms in total. The summed E-state index contributed by atoms with van der Waals surface area (Å²) in [6.45, 7) is 4.63. The summed E-state index contributed by atoms with van der Waals surface area (Å²) in [4.78, 5) is 23.3. The summed E-state index contributed by atoms with van der Waals surface area (Å²) in [5, 5.41) is 26.5. The SMILES string of the molecule is CC(=O)OCc1cc([C@@H](O)CNCCCCCCOCCOCc2cccc(NC(=O)c3ccccc3)c2)ccc1O. The van der Waals surface area contributed by atoms with Crippen molar-refractivity contribution >= 4 is 17.6 Å². The highest BCUT2D eigenvalue weighted by atomic mass is 16.5. The van der Waals surface area contributed by atoms with Crippen molar-refractivity contribution in [3.63, 3.8) is 0 Å². The Balaban J connectivity index is 1.17. The molecule has 0 aliphatic rings. The van der Waals surface area contributed by atoms with E-state index in [1.54, 1.807) is 24.3 Å². The molecule has 0 aliphatic carbocycles. The van der Waals surface area contributed by atoms with Crippen LogP contribution in [0.5, 0.6) is 5.75 Å². The van der Waals surface area contributed by atoms with E-state index in [0.29, 0.717) is 49.7 Å². The molecule has 9 heteroatoms. The Morgan fingerprint density at radius 1 is 0.833 bits per heavy atom. The standard InChI is InChI=1S/C33H42N2O7/c1-25(36)42-24-29-21-28(14-15-31(29)37)32(38)22-34-16-7-2-3-8-17-40-18-19-41-23-26-10-9-13-30(20-26)35-33(39)27-11-5-4-6-12-27/h4-6,9-15,20-21,32,34,37-38H,2-3,7-8,16-19,22-24H2,1H3,(H,35,39)/t32-/m0/s1. The molecule has 0 saturated carbocycles. The van der Waals surface area contributed by atoms with E-state index in [-0.39, 0.29) is 18.3 Å². The monoisotopic (exact) mass is 578 g/mol. The predicted octanol–water partition coefficient (Wildman–Crippen LogP) is 5.12. The molecule has 42 heavy (non-hydrogen) atoms. The zero-order valence-electron chi connectivity index (χ0n) is 24.2. The lowest BCUT2D eigenvalue weighted by Crippen LogP contribution is -2.22. The number of amides is 1.